The zero-order chi connectivity index (χ0) is 14.8. The lowest BCUT2D eigenvalue weighted by molar-refractivity contribution is 0.263. The normalized spacial score (nSPS) is 16.6. The molecule has 1 aliphatic rings. The molecule has 1 saturated carbocycles. The van der Waals surface area contributed by atoms with Crippen molar-refractivity contribution in [1.82, 2.24) is 9.62 Å². The maximum Gasteiger partial charge on any atom is 0.244 e. The van der Waals surface area contributed by atoms with Gasteiger partial charge < -0.3 is 5.32 Å². The van der Waals surface area contributed by atoms with E-state index in [0.29, 0.717) is 27.7 Å². The second kappa shape index (κ2) is 6.87. The second-order valence-electron chi connectivity index (χ2n) is 5.21. The van der Waals surface area contributed by atoms with Crippen LogP contribution >= 0.6 is 27.3 Å². The molecule has 0 amide bonds. The molecule has 1 N–H and O–H groups in total. The van der Waals surface area contributed by atoms with Crippen LogP contribution in [0.2, 0.25) is 0 Å². The molecule has 4 nitrogen and oxygen atoms in total. The molecule has 0 radical (unpaired) electrons. The van der Waals surface area contributed by atoms with E-state index in [4.69, 9.17) is 0 Å². The Bertz CT molecular complexity index is 553. The summed E-state index contributed by atoms with van der Waals surface area (Å²) in [4.78, 5) is 1.44. The molecule has 1 aliphatic carbocycles. The van der Waals surface area contributed by atoms with Crippen molar-refractivity contribution in [2.24, 2.45) is 5.92 Å². The van der Waals surface area contributed by atoms with Gasteiger partial charge in [-0.05, 0) is 47.3 Å². The highest BCUT2D eigenvalue weighted by molar-refractivity contribution is 9.11. The summed E-state index contributed by atoms with van der Waals surface area (Å²) in [5.74, 6) is 0.536. The number of nitrogens with zero attached hydrogens (tertiary/aromatic N) is 1. The van der Waals surface area contributed by atoms with E-state index in [2.05, 4.69) is 21.2 Å². The molecule has 1 aromatic rings. The predicted molar refractivity (Wildman–Crippen MR) is 86.6 cm³/mol. The van der Waals surface area contributed by atoms with E-state index in [9.17, 15) is 8.42 Å². The molecule has 0 atom stereocenters. The van der Waals surface area contributed by atoms with Crippen LogP contribution in [0, 0.1) is 5.92 Å². The number of rotatable bonds is 7. The van der Waals surface area contributed by atoms with Crippen molar-refractivity contribution in [2.45, 2.75) is 37.6 Å². The highest BCUT2D eigenvalue weighted by atomic mass is 79.9. The number of hydrogen-bond acceptors (Lipinski definition) is 4. The van der Waals surface area contributed by atoms with Crippen LogP contribution in [-0.4, -0.2) is 32.9 Å². The van der Waals surface area contributed by atoms with Crippen molar-refractivity contribution in [2.75, 3.05) is 20.1 Å². The van der Waals surface area contributed by atoms with Gasteiger partial charge in [0.1, 0.15) is 4.90 Å². The summed E-state index contributed by atoms with van der Waals surface area (Å²) in [6.45, 7) is 4.25. The van der Waals surface area contributed by atoms with Gasteiger partial charge in [-0.25, -0.2) is 12.7 Å². The first-order valence-electron chi connectivity index (χ1n) is 6.90. The Labute approximate surface area is 133 Å². The summed E-state index contributed by atoms with van der Waals surface area (Å²) in [6.07, 6.45) is 3.53. The number of hydrogen-bond donors (Lipinski definition) is 1. The minimum atomic E-state index is -3.38. The largest absolute Gasteiger partial charge is 0.312 e. The minimum Gasteiger partial charge on any atom is -0.312 e. The van der Waals surface area contributed by atoms with Gasteiger partial charge >= 0.3 is 0 Å². The highest BCUT2D eigenvalue weighted by Gasteiger charge is 2.29. The van der Waals surface area contributed by atoms with Gasteiger partial charge in [0.2, 0.25) is 10.0 Å². The lowest BCUT2D eigenvalue weighted by atomic mass is 9.86. The molecule has 0 aliphatic heterocycles. The molecule has 0 bridgehead atoms. The second-order valence-corrected chi connectivity index (χ2v) is 9.68. The van der Waals surface area contributed by atoms with Gasteiger partial charge in [0.15, 0.2) is 0 Å². The SMILES string of the molecule is CCNCc1cc(S(=O)(=O)N(C)CC2CCC2)c(Br)s1. The highest BCUT2D eigenvalue weighted by Crippen LogP contribution is 2.34. The van der Waals surface area contributed by atoms with Crippen LogP contribution in [0.25, 0.3) is 0 Å². The summed E-state index contributed by atoms with van der Waals surface area (Å²) in [7, 11) is -1.69. The summed E-state index contributed by atoms with van der Waals surface area (Å²) in [5.41, 5.74) is 0. The Balaban J connectivity index is 2.13. The maximum absolute atomic E-state index is 12.6. The number of halogens is 1. The van der Waals surface area contributed by atoms with E-state index in [1.807, 2.05) is 6.92 Å². The molecular formula is C13H21BrN2O2S2. The smallest absolute Gasteiger partial charge is 0.244 e. The van der Waals surface area contributed by atoms with Crippen molar-refractivity contribution in [1.29, 1.82) is 0 Å². The molecule has 0 unspecified atom stereocenters. The Morgan fingerprint density at radius 1 is 1.50 bits per heavy atom. The quantitative estimate of drug-likeness (QED) is 0.790. The van der Waals surface area contributed by atoms with Gasteiger partial charge in [-0.1, -0.05) is 13.3 Å². The van der Waals surface area contributed by atoms with E-state index in [1.165, 1.54) is 22.1 Å². The van der Waals surface area contributed by atoms with Crippen LogP contribution < -0.4 is 5.32 Å². The Morgan fingerprint density at radius 3 is 2.75 bits per heavy atom. The van der Waals surface area contributed by atoms with Crippen molar-refractivity contribution < 1.29 is 8.42 Å². The molecular weight excluding hydrogens is 360 g/mol. The fourth-order valence-electron chi connectivity index (χ4n) is 2.21. The van der Waals surface area contributed by atoms with Crippen molar-refractivity contribution in [3.8, 4) is 0 Å². The lowest BCUT2D eigenvalue weighted by Crippen LogP contribution is -2.34. The lowest BCUT2D eigenvalue weighted by Gasteiger charge is -2.29. The molecule has 0 saturated heterocycles. The molecule has 2 rings (SSSR count). The molecule has 20 heavy (non-hydrogen) atoms. The van der Waals surface area contributed by atoms with E-state index in [1.54, 1.807) is 13.1 Å². The van der Waals surface area contributed by atoms with Gasteiger partial charge in [-0.3, -0.25) is 0 Å². The first-order valence-corrected chi connectivity index (χ1v) is 9.95. The van der Waals surface area contributed by atoms with Crippen molar-refractivity contribution in [3.63, 3.8) is 0 Å². The van der Waals surface area contributed by atoms with Crippen LogP contribution in [0.15, 0.2) is 14.7 Å². The summed E-state index contributed by atoms with van der Waals surface area (Å²) < 4.78 is 27.4. The van der Waals surface area contributed by atoms with E-state index >= 15 is 0 Å². The van der Waals surface area contributed by atoms with E-state index in [-0.39, 0.29) is 0 Å². The number of thiophene rings is 1. The third-order valence-corrected chi connectivity index (χ3v) is 7.76. The van der Waals surface area contributed by atoms with Crippen molar-refractivity contribution >= 4 is 37.3 Å². The molecule has 114 valence electrons. The van der Waals surface area contributed by atoms with Crippen LogP contribution in [0.4, 0.5) is 0 Å². The Kier molecular flexibility index (Phi) is 5.64. The topological polar surface area (TPSA) is 49.4 Å². The summed E-state index contributed by atoms with van der Waals surface area (Å²) in [6, 6.07) is 1.78. The van der Waals surface area contributed by atoms with Gasteiger partial charge in [0.05, 0.1) is 3.79 Å². The average molecular weight is 381 g/mol. The average Bonchev–Trinajstić information content (AvgIpc) is 2.72. The standard InChI is InChI=1S/C13H21BrN2O2S2/c1-3-15-8-11-7-12(13(14)19-11)20(17,18)16(2)9-10-5-4-6-10/h7,10,15H,3-6,8-9H2,1-2H3. The molecule has 0 aromatic carbocycles. The van der Waals surface area contributed by atoms with Gasteiger partial charge in [-0.2, -0.15) is 0 Å². The van der Waals surface area contributed by atoms with Crippen molar-refractivity contribution in [3.05, 3.63) is 14.7 Å². The zero-order valence-corrected chi connectivity index (χ0v) is 15.1. The number of sulfonamides is 1. The van der Waals surface area contributed by atoms with Crippen LogP contribution in [0.5, 0.6) is 0 Å². The summed E-state index contributed by atoms with van der Waals surface area (Å²) in [5, 5.41) is 3.22. The molecule has 1 heterocycles. The third kappa shape index (κ3) is 3.62. The van der Waals surface area contributed by atoms with E-state index < -0.39 is 10.0 Å². The molecule has 1 aromatic heterocycles. The molecule has 1 fully saturated rings. The zero-order valence-electron chi connectivity index (χ0n) is 11.9. The molecule has 0 spiro atoms. The first-order chi connectivity index (χ1) is 9.45. The Hall–Kier alpha value is 0.0500. The van der Waals surface area contributed by atoms with Gasteiger partial charge in [0, 0.05) is 25.0 Å². The summed E-state index contributed by atoms with van der Waals surface area (Å²) >= 11 is 4.88. The number of nitrogens with one attached hydrogen (secondary N) is 1. The Morgan fingerprint density at radius 2 is 2.20 bits per heavy atom. The third-order valence-electron chi connectivity index (χ3n) is 3.68. The predicted octanol–water partition coefficient (Wildman–Crippen LogP) is 3.04. The fraction of sp³-hybridized carbons (Fsp3) is 0.692. The van der Waals surface area contributed by atoms with E-state index in [0.717, 1.165) is 24.3 Å². The molecule has 7 heteroatoms. The van der Waals surface area contributed by atoms with Crippen LogP contribution in [0.3, 0.4) is 0 Å². The fourth-order valence-corrected chi connectivity index (χ4v) is 6.06. The first kappa shape index (κ1) is 16.4. The van der Waals surface area contributed by atoms with Gasteiger partial charge in [0.25, 0.3) is 0 Å². The van der Waals surface area contributed by atoms with Crippen LogP contribution in [0.1, 0.15) is 31.1 Å². The maximum atomic E-state index is 12.6. The van der Waals surface area contributed by atoms with Gasteiger partial charge in [-0.15, -0.1) is 11.3 Å². The minimum absolute atomic E-state index is 0.400. The van der Waals surface area contributed by atoms with Crippen LogP contribution in [-0.2, 0) is 16.6 Å². The monoisotopic (exact) mass is 380 g/mol.